The Bertz CT molecular complexity index is 616. The van der Waals surface area contributed by atoms with E-state index in [1.807, 2.05) is 0 Å². The Labute approximate surface area is 120 Å². The number of rotatable bonds is 3. The van der Waals surface area contributed by atoms with Gasteiger partial charge < -0.3 is 5.11 Å². The summed E-state index contributed by atoms with van der Waals surface area (Å²) in [5.74, 6) is -0.308. The molecule has 0 spiro atoms. The molecule has 8 heteroatoms. The lowest BCUT2D eigenvalue weighted by Crippen LogP contribution is -2.12. The molecule has 1 heterocycles. The molecule has 1 aromatic carbocycles. The summed E-state index contributed by atoms with van der Waals surface area (Å²) in [4.78, 5) is 26.4. The number of thiazole rings is 1. The maximum Gasteiger partial charge on any atom is 0.409 e. The van der Waals surface area contributed by atoms with Crippen LogP contribution in [0, 0.1) is 0 Å². The van der Waals surface area contributed by atoms with E-state index < -0.39 is 6.09 Å². The van der Waals surface area contributed by atoms with Gasteiger partial charge in [0.05, 0.1) is 5.69 Å². The molecule has 2 aromatic rings. The van der Waals surface area contributed by atoms with Crippen LogP contribution < -0.4 is 10.6 Å². The van der Waals surface area contributed by atoms with Gasteiger partial charge in [0.25, 0.3) is 5.91 Å². The van der Waals surface area contributed by atoms with Crippen molar-refractivity contribution in [2.45, 2.75) is 0 Å². The summed E-state index contributed by atoms with van der Waals surface area (Å²) in [6, 6.07) is 4.57. The number of carbonyl (C=O) groups is 2. The summed E-state index contributed by atoms with van der Waals surface area (Å²) >= 11 is 4.52. The van der Waals surface area contributed by atoms with Crippen molar-refractivity contribution < 1.29 is 14.7 Å². The number of anilines is 2. The predicted octanol–water partition coefficient (Wildman–Crippen LogP) is 3.25. The third kappa shape index (κ3) is 3.52. The SMILES string of the molecule is O=C(O)Nc1ccc(C(=O)Nc2nccs2)cc1Br. The van der Waals surface area contributed by atoms with Crippen LogP contribution in [0.2, 0.25) is 0 Å². The van der Waals surface area contributed by atoms with Gasteiger partial charge in [-0.15, -0.1) is 11.3 Å². The first kappa shape index (κ1) is 13.5. The number of halogens is 1. The third-order valence-corrected chi connectivity index (χ3v) is 3.47. The molecule has 0 bridgehead atoms. The highest BCUT2D eigenvalue weighted by Crippen LogP contribution is 2.24. The topological polar surface area (TPSA) is 91.3 Å². The normalized spacial score (nSPS) is 9.95. The average molecular weight is 342 g/mol. The summed E-state index contributed by atoms with van der Waals surface area (Å²) in [7, 11) is 0. The van der Waals surface area contributed by atoms with Crippen molar-refractivity contribution in [2.24, 2.45) is 0 Å². The number of carbonyl (C=O) groups excluding carboxylic acids is 1. The minimum atomic E-state index is -1.17. The minimum Gasteiger partial charge on any atom is -0.465 e. The van der Waals surface area contributed by atoms with E-state index >= 15 is 0 Å². The molecule has 0 fully saturated rings. The second-order valence-electron chi connectivity index (χ2n) is 3.42. The molecule has 0 atom stereocenters. The van der Waals surface area contributed by atoms with Gasteiger partial charge in [-0.25, -0.2) is 9.78 Å². The number of nitrogens with zero attached hydrogens (tertiary/aromatic N) is 1. The Kier molecular flexibility index (Phi) is 4.13. The maximum absolute atomic E-state index is 11.9. The van der Waals surface area contributed by atoms with E-state index in [4.69, 9.17) is 5.11 Å². The molecule has 98 valence electrons. The van der Waals surface area contributed by atoms with Crippen molar-refractivity contribution >= 4 is 50.1 Å². The van der Waals surface area contributed by atoms with E-state index in [0.29, 0.717) is 20.9 Å². The first-order valence-electron chi connectivity index (χ1n) is 5.06. The third-order valence-electron chi connectivity index (χ3n) is 2.13. The maximum atomic E-state index is 11.9. The Morgan fingerprint density at radius 3 is 2.68 bits per heavy atom. The fraction of sp³-hybridized carbons (Fsp3) is 0. The van der Waals surface area contributed by atoms with Gasteiger partial charge in [0.2, 0.25) is 0 Å². The van der Waals surface area contributed by atoms with Gasteiger partial charge in [-0.3, -0.25) is 15.4 Å². The molecule has 0 saturated heterocycles. The van der Waals surface area contributed by atoms with Crippen LogP contribution in [0.3, 0.4) is 0 Å². The van der Waals surface area contributed by atoms with Crippen LogP contribution >= 0.6 is 27.3 Å². The lowest BCUT2D eigenvalue weighted by Gasteiger charge is -2.06. The molecular weight excluding hydrogens is 334 g/mol. The summed E-state index contributed by atoms with van der Waals surface area (Å²) in [5, 5.41) is 15.7. The zero-order valence-electron chi connectivity index (χ0n) is 9.38. The molecule has 19 heavy (non-hydrogen) atoms. The van der Waals surface area contributed by atoms with Crippen LogP contribution in [0.15, 0.2) is 34.2 Å². The van der Waals surface area contributed by atoms with Crippen molar-refractivity contribution in [1.29, 1.82) is 0 Å². The Morgan fingerprint density at radius 2 is 2.11 bits per heavy atom. The molecule has 0 radical (unpaired) electrons. The molecule has 0 aliphatic rings. The molecule has 6 nitrogen and oxygen atoms in total. The lowest BCUT2D eigenvalue weighted by atomic mass is 10.2. The van der Waals surface area contributed by atoms with Gasteiger partial charge in [0.1, 0.15) is 0 Å². The zero-order valence-corrected chi connectivity index (χ0v) is 11.8. The van der Waals surface area contributed by atoms with E-state index in [9.17, 15) is 9.59 Å². The number of nitrogens with one attached hydrogen (secondary N) is 2. The fourth-order valence-corrected chi connectivity index (χ4v) is 2.33. The largest absolute Gasteiger partial charge is 0.465 e. The highest BCUT2D eigenvalue weighted by Gasteiger charge is 2.10. The molecular formula is C11H8BrN3O3S. The first-order chi connectivity index (χ1) is 9.06. The smallest absolute Gasteiger partial charge is 0.409 e. The summed E-state index contributed by atoms with van der Waals surface area (Å²) in [6.45, 7) is 0. The van der Waals surface area contributed by atoms with Gasteiger partial charge in [-0.05, 0) is 34.1 Å². The van der Waals surface area contributed by atoms with Gasteiger partial charge in [-0.2, -0.15) is 0 Å². The highest BCUT2D eigenvalue weighted by molar-refractivity contribution is 9.10. The van der Waals surface area contributed by atoms with E-state index in [0.717, 1.165) is 0 Å². The zero-order chi connectivity index (χ0) is 13.8. The first-order valence-corrected chi connectivity index (χ1v) is 6.74. The molecule has 0 saturated carbocycles. The van der Waals surface area contributed by atoms with Gasteiger partial charge in [0.15, 0.2) is 5.13 Å². The second-order valence-corrected chi connectivity index (χ2v) is 5.17. The predicted molar refractivity (Wildman–Crippen MR) is 75.9 cm³/mol. The molecule has 2 amide bonds. The summed E-state index contributed by atoms with van der Waals surface area (Å²) in [6.07, 6.45) is 0.427. The van der Waals surface area contributed by atoms with Crippen LogP contribution in [-0.4, -0.2) is 22.1 Å². The number of hydrogen-bond donors (Lipinski definition) is 3. The van der Waals surface area contributed by atoms with Crippen molar-refractivity contribution in [1.82, 2.24) is 4.98 Å². The molecule has 0 aliphatic carbocycles. The Morgan fingerprint density at radius 1 is 1.32 bits per heavy atom. The summed E-state index contributed by atoms with van der Waals surface area (Å²) in [5.41, 5.74) is 0.774. The molecule has 0 unspecified atom stereocenters. The molecule has 1 aromatic heterocycles. The minimum absolute atomic E-state index is 0.308. The van der Waals surface area contributed by atoms with E-state index in [1.165, 1.54) is 29.5 Å². The number of carboxylic acid groups (broad SMARTS) is 1. The van der Waals surface area contributed by atoms with Crippen molar-refractivity contribution in [3.63, 3.8) is 0 Å². The standard InChI is InChI=1S/C11H8BrN3O3S/c12-7-5-6(1-2-8(7)14-11(17)18)9(16)15-10-13-3-4-19-10/h1-5,14H,(H,17,18)(H,13,15,16). The van der Waals surface area contributed by atoms with Gasteiger partial charge >= 0.3 is 6.09 Å². The van der Waals surface area contributed by atoms with E-state index in [-0.39, 0.29) is 5.91 Å². The fourth-order valence-electron chi connectivity index (χ4n) is 1.33. The average Bonchev–Trinajstić information content (AvgIpc) is 2.84. The lowest BCUT2D eigenvalue weighted by molar-refractivity contribution is 0.102. The van der Waals surface area contributed by atoms with E-state index in [1.54, 1.807) is 11.6 Å². The Balaban J connectivity index is 2.15. The molecule has 0 aliphatic heterocycles. The van der Waals surface area contributed by atoms with Gasteiger partial charge in [0, 0.05) is 21.6 Å². The van der Waals surface area contributed by atoms with Gasteiger partial charge in [-0.1, -0.05) is 0 Å². The molecule has 3 N–H and O–H groups in total. The summed E-state index contributed by atoms with van der Waals surface area (Å²) < 4.78 is 0.488. The van der Waals surface area contributed by atoms with Crippen LogP contribution in [0.4, 0.5) is 15.6 Å². The van der Waals surface area contributed by atoms with Crippen molar-refractivity contribution in [2.75, 3.05) is 10.6 Å². The number of amides is 2. The monoisotopic (exact) mass is 341 g/mol. The van der Waals surface area contributed by atoms with E-state index in [2.05, 4.69) is 31.5 Å². The second kappa shape index (κ2) is 5.81. The van der Waals surface area contributed by atoms with Crippen LogP contribution in [-0.2, 0) is 0 Å². The highest BCUT2D eigenvalue weighted by atomic mass is 79.9. The quantitative estimate of drug-likeness (QED) is 0.799. The molecule has 2 rings (SSSR count). The number of benzene rings is 1. The van der Waals surface area contributed by atoms with Crippen LogP contribution in [0.1, 0.15) is 10.4 Å². The van der Waals surface area contributed by atoms with Crippen molar-refractivity contribution in [3.05, 3.63) is 39.8 Å². The Hall–Kier alpha value is -1.93. The van der Waals surface area contributed by atoms with Crippen LogP contribution in [0.5, 0.6) is 0 Å². The number of hydrogen-bond acceptors (Lipinski definition) is 4. The van der Waals surface area contributed by atoms with Crippen molar-refractivity contribution in [3.8, 4) is 0 Å². The number of aromatic nitrogens is 1. The van der Waals surface area contributed by atoms with Crippen LogP contribution in [0.25, 0.3) is 0 Å².